The molecule has 3 aromatic rings. The highest BCUT2D eigenvalue weighted by Gasteiger charge is 2.10. The summed E-state index contributed by atoms with van der Waals surface area (Å²) >= 11 is 0. The van der Waals surface area contributed by atoms with Gasteiger partial charge in [-0.3, -0.25) is 4.68 Å². The lowest BCUT2D eigenvalue weighted by Gasteiger charge is -2.08. The van der Waals surface area contributed by atoms with Crippen molar-refractivity contribution in [1.82, 2.24) is 14.8 Å². The molecule has 0 spiro atoms. The van der Waals surface area contributed by atoms with Crippen molar-refractivity contribution in [1.29, 1.82) is 0 Å². The van der Waals surface area contributed by atoms with Gasteiger partial charge in [0.2, 0.25) is 0 Å². The highest BCUT2D eigenvalue weighted by Crippen LogP contribution is 2.27. The van der Waals surface area contributed by atoms with Crippen molar-refractivity contribution in [2.75, 3.05) is 0 Å². The van der Waals surface area contributed by atoms with Gasteiger partial charge < -0.3 is 0 Å². The normalized spacial score (nSPS) is 11.2. The number of hydrogen-bond acceptors (Lipinski definition) is 2. The molecule has 1 aromatic carbocycles. The van der Waals surface area contributed by atoms with E-state index in [9.17, 15) is 0 Å². The van der Waals surface area contributed by atoms with E-state index in [2.05, 4.69) is 50.1 Å². The maximum atomic E-state index is 4.75. The summed E-state index contributed by atoms with van der Waals surface area (Å²) in [4.78, 5) is 4.75. The third kappa shape index (κ3) is 1.91. The van der Waals surface area contributed by atoms with Gasteiger partial charge in [-0.2, -0.15) is 5.10 Å². The zero-order chi connectivity index (χ0) is 13.6. The maximum absolute atomic E-state index is 4.75. The van der Waals surface area contributed by atoms with Crippen LogP contribution in [0.1, 0.15) is 16.7 Å². The van der Waals surface area contributed by atoms with Crippen LogP contribution in [0.4, 0.5) is 0 Å². The van der Waals surface area contributed by atoms with Gasteiger partial charge in [0.05, 0.1) is 17.4 Å². The molecule has 0 bridgehead atoms. The SMILES string of the molecule is Cc1ccc(C)c(-c2cc(C)c3c(cnn3C)n2)c1. The Hall–Kier alpha value is -2.16. The van der Waals surface area contributed by atoms with Gasteiger partial charge in [-0.05, 0) is 44.0 Å². The van der Waals surface area contributed by atoms with Crippen molar-refractivity contribution < 1.29 is 0 Å². The first-order valence-corrected chi connectivity index (χ1v) is 6.43. The van der Waals surface area contributed by atoms with Gasteiger partial charge in [-0.15, -0.1) is 0 Å². The van der Waals surface area contributed by atoms with Crippen molar-refractivity contribution in [2.24, 2.45) is 7.05 Å². The van der Waals surface area contributed by atoms with Gasteiger partial charge in [-0.1, -0.05) is 17.7 Å². The van der Waals surface area contributed by atoms with Gasteiger partial charge in [0.1, 0.15) is 5.52 Å². The van der Waals surface area contributed by atoms with Crippen LogP contribution < -0.4 is 0 Å². The summed E-state index contributed by atoms with van der Waals surface area (Å²) in [5.41, 5.74) is 8.01. The number of nitrogens with zero attached hydrogens (tertiary/aromatic N) is 3. The van der Waals surface area contributed by atoms with E-state index < -0.39 is 0 Å². The molecule has 3 nitrogen and oxygen atoms in total. The molecule has 0 aliphatic rings. The second-order valence-corrected chi connectivity index (χ2v) is 5.14. The molecule has 0 fully saturated rings. The van der Waals surface area contributed by atoms with E-state index in [1.165, 1.54) is 22.3 Å². The van der Waals surface area contributed by atoms with Crippen LogP contribution >= 0.6 is 0 Å². The monoisotopic (exact) mass is 251 g/mol. The van der Waals surface area contributed by atoms with E-state index >= 15 is 0 Å². The lowest BCUT2D eigenvalue weighted by atomic mass is 10.0. The standard InChI is InChI=1S/C16H17N3/c1-10-5-6-11(2)13(7-10)14-8-12(3)16-15(18-14)9-17-19(16)4/h5-9H,1-4H3. The van der Waals surface area contributed by atoms with E-state index in [0.29, 0.717) is 0 Å². The summed E-state index contributed by atoms with van der Waals surface area (Å²) in [6.07, 6.45) is 1.83. The Labute approximate surface area is 112 Å². The molecule has 0 radical (unpaired) electrons. The zero-order valence-corrected chi connectivity index (χ0v) is 11.7. The number of aryl methyl sites for hydroxylation is 4. The number of hydrogen-bond donors (Lipinski definition) is 0. The summed E-state index contributed by atoms with van der Waals surface area (Å²) in [6, 6.07) is 8.62. The van der Waals surface area contributed by atoms with Crippen molar-refractivity contribution >= 4 is 11.0 Å². The highest BCUT2D eigenvalue weighted by atomic mass is 15.3. The maximum Gasteiger partial charge on any atom is 0.109 e. The van der Waals surface area contributed by atoms with Crippen LogP contribution in [0.2, 0.25) is 0 Å². The second-order valence-electron chi connectivity index (χ2n) is 5.14. The van der Waals surface area contributed by atoms with Gasteiger partial charge in [0.15, 0.2) is 0 Å². The number of aromatic nitrogens is 3. The highest BCUT2D eigenvalue weighted by molar-refractivity contribution is 5.82. The number of rotatable bonds is 1. The smallest absolute Gasteiger partial charge is 0.109 e. The second kappa shape index (κ2) is 4.19. The lowest BCUT2D eigenvalue weighted by molar-refractivity contribution is 0.794. The molecule has 0 N–H and O–H groups in total. The van der Waals surface area contributed by atoms with Crippen LogP contribution in [0.15, 0.2) is 30.5 Å². The van der Waals surface area contributed by atoms with Gasteiger partial charge in [0.25, 0.3) is 0 Å². The molecule has 2 aromatic heterocycles. The molecule has 0 aliphatic carbocycles. The fourth-order valence-corrected chi connectivity index (χ4v) is 2.55. The first kappa shape index (κ1) is 11.9. The summed E-state index contributed by atoms with van der Waals surface area (Å²) in [5, 5.41) is 4.29. The summed E-state index contributed by atoms with van der Waals surface area (Å²) in [5.74, 6) is 0. The van der Waals surface area contributed by atoms with E-state index in [1.807, 2.05) is 17.9 Å². The van der Waals surface area contributed by atoms with Crippen LogP contribution in [-0.4, -0.2) is 14.8 Å². The van der Waals surface area contributed by atoms with E-state index in [-0.39, 0.29) is 0 Å². The van der Waals surface area contributed by atoms with Gasteiger partial charge in [-0.25, -0.2) is 4.98 Å². The van der Waals surface area contributed by atoms with Crippen molar-refractivity contribution in [3.63, 3.8) is 0 Å². The Balaban J connectivity index is 2.28. The Kier molecular flexibility index (Phi) is 2.63. The minimum absolute atomic E-state index is 0.957. The van der Waals surface area contributed by atoms with Crippen LogP contribution in [0.5, 0.6) is 0 Å². The first-order valence-electron chi connectivity index (χ1n) is 6.43. The fourth-order valence-electron chi connectivity index (χ4n) is 2.55. The molecule has 3 heteroatoms. The van der Waals surface area contributed by atoms with Gasteiger partial charge in [0, 0.05) is 12.6 Å². The minimum atomic E-state index is 0.957. The topological polar surface area (TPSA) is 30.7 Å². The molecular formula is C16H17N3. The Morgan fingerprint density at radius 3 is 2.58 bits per heavy atom. The average molecular weight is 251 g/mol. The molecule has 0 amide bonds. The minimum Gasteiger partial charge on any atom is -0.266 e. The van der Waals surface area contributed by atoms with Crippen LogP contribution in [-0.2, 0) is 7.05 Å². The molecule has 19 heavy (non-hydrogen) atoms. The van der Waals surface area contributed by atoms with Crippen molar-refractivity contribution in [3.8, 4) is 11.3 Å². The summed E-state index contributed by atoms with van der Waals surface area (Å²) in [6.45, 7) is 6.35. The molecule has 0 saturated heterocycles. The third-order valence-corrected chi connectivity index (χ3v) is 3.56. The Morgan fingerprint density at radius 2 is 1.79 bits per heavy atom. The summed E-state index contributed by atoms with van der Waals surface area (Å²) < 4.78 is 1.88. The fraction of sp³-hybridized carbons (Fsp3) is 0.250. The molecule has 0 atom stereocenters. The lowest BCUT2D eigenvalue weighted by Crippen LogP contribution is -1.94. The zero-order valence-electron chi connectivity index (χ0n) is 11.7. The molecule has 2 heterocycles. The molecular weight excluding hydrogens is 234 g/mol. The number of pyridine rings is 1. The number of benzene rings is 1. The van der Waals surface area contributed by atoms with E-state index in [0.717, 1.165) is 16.7 Å². The van der Waals surface area contributed by atoms with Crippen LogP contribution in [0.25, 0.3) is 22.3 Å². The van der Waals surface area contributed by atoms with E-state index in [4.69, 9.17) is 4.98 Å². The van der Waals surface area contributed by atoms with Crippen LogP contribution in [0, 0.1) is 20.8 Å². The molecule has 96 valence electrons. The van der Waals surface area contributed by atoms with E-state index in [1.54, 1.807) is 0 Å². The van der Waals surface area contributed by atoms with Crippen LogP contribution in [0.3, 0.4) is 0 Å². The average Bonchev–Trinajstić information content (AvgIpc) is 2.74. The van der Waals surface area contributed by atoms with Gasteiger partial charge >= 0.3 is 0 Å². The summed E-state index contributed by atoms with van der Waals surface area (Å²) in [7, 11) is 1.95. The van der Waals surface area contributed by atoms with Crippen molar-refractivity contribution in [2.45, 2.75) is 20.8 Å². The molecule has 0 aliphatic heterocycles. The number of fused-ring (bicyclic) bond motifs is 1. The Morgan fingerprint density at radius 1 is 1.00 bits per heavy atom. The molecule has 0 unspecified atom stereocenters. The molecule has 3 rings (SSSR count). The third-order valence-electron chi connectivity index (χ3n) is 3.56. The first-order chi connectivity index (χ1) is 9.06. The molecule has 0 saturated carbocycles. The largest absolute Gasteiger partial charge is 0.266 e. The predicted molar refractivity (Wildman–Crippen MR) is 78.2 cm³/mol. The predicted octanol–water partition coefficient (Wildman–Crippen LogP) is 3.56. The van der Waals surface area contributed by atoms with Crippen molar-refractivity contribution in [3.05, 3.63) is 47.2 Å². The Bertz CT molecular complexity index is 769. The quantitative estimate of drug-likeness (QED) is 0.662.